The average Bonchev–Trinajstić information content (AvgIpc) is 2.25. The van der Waals surface area contributed by atoms with Crippen LogP contribution in [0, 0.1) is 6.92 Å². The lowest BCUT2D eigenvalue weighted by atomic mass is 9.98. The van der Waals surface area contributed by atoms with E-state index in [-0.39, 0.29) is 11.3 Å². The van der Waals surface area contributed by atoms with E-state index in [9.17, 15) is 8.42 Å². The highest BCUT2D eigenvalue weighted by Gasteiger charge is 2.37. The summed E-state index contributed by atoms with van der Waals surface area (Å²) in [7, 11) is -3.16. The van der Waals surface area contributed by atoms with E-state index in [2.05, 4.69) is 19.2 Å². The van der Waals surface area contributed by atoms with Crippen molar-refractivity contribution in [3.05, 3.63) is 29.3 Å². The maximum Gasteiger partial charge on any atom is 0.181 e. The van der Waals surface area contributed by atoms with E-state index >= 15 is 0 Å². The summed E-state index contributed by atoms with van der Waals surface area (Å²) in [6.45, 7) is 7.85. The molecule has 1 aromatic carbocycles. The molecule has 1 N–H and O–H groups in total. The Bertz CT molecular complexity index is 549. The van der Waals surface area contributed by atoms with Crippen LogP contribution in [0.3, 0.4) is 0 Å². The molecule has 0 radical (unpaired) electrons. The molecule has 3 nitrogen and oxygen atoms in total. The number of nitrogens with one attached hydrogen (secondary N) is 1. The normalized spacial score (nSPS) is 26.1. The topological polar surface area (TPSA) is 46.2 Å². The SMILES string of the molecule is Cc1cccc2c1S(=O)(=O)C(C)CC2NC(C)C. The molecule has 2 atom stereocenters. The van der Waals surface area contributed by atoms with Crippen LogP contribution in [0.5, 0.6) is 0 Å². The zero-order valence-corrected chi connectivity index (χ0v) is 12.2. The third-order valence-corrected chi connectivity index (χ3v) is 5.91. The molecule has 0 fully saturated rings. The van der Waals surface area contributed by atoms with Crippen molar-refractivity contribution >= 4 is 9.84 Å². The molecular weight excluding hydrogens is 246 g/mol. The van der Waals surface area contributed by atoms with Crippen LogP contribution in [0.1, 0.15) is 44.4 Å². The Morgan fingerprint density at radius 2 is 2.00 bits per heavy atom. The van der Waals surface area contributed by atoms with Crippen molar-refractivity contribution in [2.45, 2.75) is 56.3 Å². The van der Waals surface area contributed by atoms with Gasteiger partial charge in [-0.2, -0.15) is 0 Å². The monoisotopic (exact) mass is 267 g/mol. The largest absolute Gasteiger partial charge is 0.308 e. The Kier molecular flexibility index (Phi) is 3.52. The third-order valence-electron chi connectivity index (χ3n) is 3.53. The predicted octanol–water partition coefficient (Wildman–Crippen LogP) is 2.60. The second-order valence-electron chi connectivity index (χ2n) is 5.46. The number of benzene rings is 1. The Hall–Kier alpha value is -0.870. The van der Waals surface area contributed by atoms with Gasteiger partial charge in [-0.3, -0.25) is 0 Å². The number of hydrogen-bond donors (Lipinski definition) is 1. The minimum absolute atomic E-state index is 0.137. The first-order valence-electron chi connectivity index (χ1n) is 6.43. The van der Waals surface area contributed by atoms with Crippen LogP contribution < -0.4 is 5.32 Å². The van der Waals surface area contributed by atoms with Gasteiger partial charge in [0.25, 0.3) is 0 Å². The van der Waals surface area contributed by atoms with Gasteiger partial charge in [0.1, 0.15) is 0 Å². The Morgan fingerprint density at radius 1 is 1.33 bits per heavy atom. The van der Waals surface area contributed by atoms with Gasteiger partial charge in [-0.05, 0) is 31.4 Å². The fourth-order valence-corrected chi connectivity index (χ4v) is 4.59. The van der Waals surface area contributed by atoms with Crippen LogP contribution >= 0.6 is 0 Å². The summed E-state index contributed by atoms with van der Waals surface area (Å²) in [5, 5.41) is 3.15. The lowest BCUT2D eigenvalue weighted by Crippen LogP contribution is -2.37. The van der Waals surface area contributed by atoms with Crippen molar-refractivity contribution in [1.82, 2.24) is 5.32 Å². The van der Waals surface area contributed by atoms with Crippen molar-refractivity contribution in [2.75, 3.05) is 0 Å². The van der Waals surface area contributed by atoms with Crippen LogP contribution in [0.4, 0.5) is 0 Å². The summed E-state index contributed by atoms with van der Waals surface area (Å²) in [6, 6.07) is 6.23. The number of aryl methyl sites for hydroxylation is 1. The van der Waals surface area contributed by atoms with Crippen molar-refractivity contribution in [3.8, 4) is 0 Å². The second-order valence-corrected chi connectivity index (χ2v) is 7.76. The summed E-state index contributed by atoms with van der Waals surface area (Å²) in [5.41, 5.74) is 1.79. The highest BCUT2D eigenvalue weighted by atomic mass is 32.2. The zero-order chi connectivity index (χ0) is 13.5. The predicted molar refractivity (Wildman–Crippen MR) is 73.5 cm³/mol. The molecule has 1 aliphatic heterocycles. The first-order valence-corrected chi connectivity index (χ1v) is 7.98. The molecule has 2 unspecified atom stereocenters. The summed E-state index contributed by atoms with van der Waals surface area (Å²) < 4.78 is 24.9. The minimum Gasteiger partial charge on any atom is -0.308 e. The lowest BCUT2D eigenvalue weighted by molar-refractivity contribution is 0.427. The van der Waals surface area contributed by atoms with Crippen LogP contribution in [0.15, 0.2) is 23.1 Å². The van der Waals surface area contributed by atoms with E-state index in [1.54, 1.807) is 6.92 Å². The maximum absolute atomic E-state index is 12.4. The highest BCUT2D eigenvalue weighted by Crippen LogP contribution is 2.38. The molecular formula is C14H21NO2S. The second kappa shape index (κ2) is 4.67. The summed E-state index contributed by atoms with van der Waals surface area (Å²) in [5.74, 6) is 0. The molecule has 0 bridgehead atoms. The van der Waals surface area contributed by atoms with Gasteiger partial charge < -0.3 is 5.32 Å². The number of fused-ring (bicyclic) bond motifs is 1. The van der Waals surface area contributed by atoms with E-state index in [4.69, 9.17) is 0 Å². The standard InChI is InChI=1S/C14H21NO2S/c1-9(2)15-13-8-11(4)18(16,17)14-10(3)6-5-7-12(13)14/h5-7,9,11,13,15H,8H2,1-4H3. The van der Waals surface area contributed by atoms with Crippen molar-refractivity contribution in [2.24, 2.45) is 0 Å². The Labute approximate surface area is 110 Å². The van der Waals surface area contributed by atoms with Crippen molar-refractivity contribution in [3.63, 3.8) is 0 Å². The van der Waals surface area contributed by atoms with Gasteiger partial charge in [0.2, 0.25) is 0 Å². The van der Waals surface area contributed by atoms with Crippen LogP contribution in [0.2, 0.25) is 0 Å². The molecule has 0 amide bonds. The van der Waals surface area contributed by atoms with E-state index in [0.717, 1.165) is 11.1 Å². The van der Waals surface area contributed by atoms with Crippen LogP contribution in [-0.2, 0) is 9.84 Å². The van der Waals surface area contributed by atoms with Gasteiger partial charge in [-0.15, -0.1) is 0 Å². The first kappa shape index (κ1) is 13.6. The fourth-order valence-electron chi connectivity index (χ4n) is 2.69. The molecule has 0 aliphatic carbocycles. The molecule has 0 saturated heterocycles. The van der Waals surface area contributed by atoms with Gasteiger partial charge in [0, 0.05) is 12.1 Å². The smallest absolute Gasteiger partial charge is 0.181 e. The molecule has 1 aromatic rings. The molecule has 18 heavy (non-hydrogen) atoms. The summed E-state index contributed by atoms with van der Waals surface area (Å²) in [6.07, 6.45) is 0.650. The molecule has 4 heteroatoms. The number of rotatable bonds is 2. The van der Waals surface area contributed by atoms with E-state index in [1.165, 1.54) is 0 Å². The van der Waals surface area contributed by atoms with E-state index < -0.39 is 9.84 Å². The Balaban J connectivity index is 2.59. The molecule has 100 valence electrons. The summed E-state index contributed by atoms with van der Waals surface area (Å²) in [4.78, 5) is 0.543. The van der Waals surface area contributed by atoms with Crippen LogP contribution in [-0.4, -0.2) is 19.7 Å². The third kappa shape index (κ3) is 2.19. The maximum atomic E-state index is 12.4. The van der Waals surface area contributed by atoms with E-state index in [1.807, 2.05) is 25.1 Å². The summed E-state index contributed by atoms with van der Waals surface area (Å²) >= 11 is 0. The zero-order valence-electron chi connectivity index (χ0n) is 11.4. The van der Waals surface area contributed by atoms with Gasteiger partial charge in [-0.1, -0.05) is 32.0 Å². The minimum atomic E-state index is -3.16. The molecule has 0 spiro atoms. The highest BCUT2D eigenvalue weighted by molar-refractivity contribution is 7.92. The molecule has 0 aromatic heterocycles. The fraction of sp³-hybridized carbons (Fsp3) is 0.571. The molecule has 1 heterocycles. The van der Waals surface area contributed by atoms with Crippen LogP contribution in [0.25, 0.3) is 0 Å². The van der Waals surface area contributed by atoms with Gasteiger partial charge in [0.05, 0.1) is 10.1 Å². The average molecular weight is 267 g/mol. The van der Waals surface area contributed by atoms with Gasteiger partial charge in [0.15, 0.2) is 9.84 Å². The molecule has 0 saturated carbocycles. The number of hydrogen-bond acceptors (Lipinski definition) is 3. The quantitative estimate of drug-likeness (QED) is 0.896. The first-order chi connectivity index (χ1) is 8.34. The van der Waals surface area contributed by atoms with E-state index in [0.29, 0.717) is 17.4 Å². The lowest BCUT2D eigenvalue weighted by Gasteiger charge is -2.32. The van der Waals surface area contributed by atoms with Gasteiger partial charge in [-0.25, -0.2) is 8.42 Å². The molecule has 2 rings (SSSR count). The van der Waals surface area contributed by atoms with Crippen molar-refractivity contribution < 1.29 is 8.42 Å². The number of sulfone groups is 1. The Morgan fingerprint density at radius 3 is 2.61 bits per heavy atom. The van der Waals surface area contributed by atoms with Gasteiger partial charge >= 0.3 is 0 Å². The van der Waals surface area contributed by atoms with Crippen molar-refractivity contribution in [1.29, 1.82) is 0 Å². The molecule has 1 aliphatic rings.